The minimum absolute atomic E-state index is 0. The van der Waals surface area contributed by atoms with Crippen LogP contribution in [0.2, 0.25) is 0 Å². The molecule has 2 amide bonds. The first-order valence-electron chi connectivity index (χ1n) is 11.7. The molecule has 11 nitrogen and oxygen atoms in total. The van der Waals surface area contributed by atoms with Gasteiger partial charge in [-0.1, -0.05) is 24.3 Å². The molecule has 0 unspecified atom stereocenters. The predicted octanol–water partition coefficient (Wildman–Crippen LogP) is -0.197. The number of carbonyl (C=O) groups excluding carboxylic acids is 2. The van der Waals surface area contributed by atoms with Crippen molar-refractivity contribution in [1.29, 1.82) is 0 Å². The summed E-state index contributed by atoms with van der Waals surface area (Å²) in [6, 6.07) is 18.0. The number of aliphatic imine (C=N–C) groups is 2. The van der Waals surface area contributed by atoms with Crippen LogP contribution in [-0.4, -0.2) is 54.6 Å². The molecule has 0 aromatic heterocycles. The first-order chi connectivity index (χ1) is 18.0. The third kappa shape index (κ3) is 5.79. The number of halogens is 1. The van der Waals surface area contributed by atoms with E-state index >= 15 is 0 Å². The van der Waals surface area contributed by atoms with Gasteiger partial charge >= 0.3 is 0 Å². The quantitative estimate of drug-likeness (QED) is 0.244. The van der Waals surface area contributed by atoms with Crippen LogP contribution < -0.4 is 33.7 Å². The van der Waals surface area contributed by atoms with Crippen LogP contribution in [0, 0.1) is 10.1 Å². The van der Waals surface area contributed by atoms with Crippen molar-refractivity contribution in [3.8, 4) is 0 Å². The fourth-order valence-electron chi connectivity index (χ4n) is 4.09. The molecule has 0 fully saturated rings. The fraction of sp³-hybridized carbons (Fsp3) is 0.154. The van der Waals surface area contributed by atoms with E-state index in [-0.39, 0.29) is 23.5 Å². The van der Waals surface area contributed by atoms with Gasteiger partial charge in [-0.15, -0.1) is 0 Å². The lowest BCUT2D eigenvalue weighted by Gasteiger charge is -2.10. The van der Waals surface area contributed by atoms with Crippen molar-refractivity contribution in [3.63, 3.8) is 0 Å². The molecule has 2 aliphatic rings. The minimum Gasteiger partial charge on any atom is -1.00 e. The fourth-order valence-corrected chi connectivity index (χ4v) is 4.09. The van der Waals surface area contributed by atoms with Crippen LogP contribution in [0.5, 0.6) is 0 Å². The normalized spacial score (nSPS) is 13.8. The smallest absolute Gasteiger partial charge is 0.282 e. The second kappa shape index (κ2) is 11.5. The largest absolute Gasteiger partial charge is 1.00 e. The van der Waals surface area contributed by atoms with Gasteiger partial charge in [0.25, 0.3) is 17.5 Å². The highest BCUT2D eigenvalue weighted by molar-refractivity contribution is 6.10. The molecule has 0 saturated carbocycles. The Hall–Kier alpha value is -4.77. The molecule has 4 N–H and O–H groups in total. The molecule has 3 aromatic carbocycles. The lowest BCUT2D eigenvalue weighted by Crippen LogP contribution is -3.00. The molecule has 12 heteroatoms. The van der Waals surface area contributed by atoms with Gasteiger partial charge in [-0.2, -0.15) is 0 Å². The summed E-state index contributed by atoms with van der Waals surface area (Å²) >= 11 is 0. The van der Waals surface area contributed by atoms with Gasteiger partial charge in [0.05, 0.1) is 18.0 Å². The SMILES string of the molecule is O=C(Nc1cccc(C2=NCCN2)c1)c1ccc(C(=O)Nc2cccc(C3=NCCN3)c2)c([N+](=O)[O-])c1.[Cl-]. The maximum absolute atomic E-state index is 12.9. The molecule has 0 radical (unpaired) electrons. The summed E-state index contributed by atoms with van der Waals surface area (Å²) in [6.07, 6.45) is 0. The molecule has 0 bridgehead atoms. The second-order valence-corrected chi connectivity index (χ2v) is 8.37. The summed E-state index contributed by atoms with van der Waals surface area (Å²) < 4.78 is 0. The number of carbonyl (C=O) groups is 2. The third-order valence-electron chi connectivity index (χ3n) is 5.84. The lowest BCUT2D eigenvalue weighted by atomic mass is 10.1. The number of nitro benzene ring substituents is 1. The average Bonchev–Trinajstić information content (AvgIpc) is 3.64. The van der Waals surface area contributed by atoms with Crippen LogP contribution in [0.3, 0.4) is 0 Å². The van der Waals surface area contributed by atoms with Gasteiger partial charge in [-0.3, -0.25) is 29.7 Å². The van der Waals surface area contributed by atoms with Gasteiger partial charge in [-0.05, 0) is 36.4 Å². The molecule has 2 aliphatic heterocycles. The molecular formula is C26H23ClN7O4-. The van der Waals surface area contributed by atoms with E-state index in [1.165, 1.54) is 12.1 Å². The molecule has 0 aliphatic carbocycles. The summed E-state index contributed by atoms with van der Waals surface area (Å²) in [6.45, 7) is 2.87. The number of rotatable bonds is 7. The van der Waals surface area contributed by atoms with Gasteiger partial charge in [0.2, 0.25) is 0 Å². The number of anilines is 2. The number of hydrogen-bond acceptors (Lipinski definition) is 8. The van der Waals surface area contributed by atoms with E-state index in [4.69, 9.17) is 0 Å². The number of amidine groups is 2. The Morgan fingerprint density at radius 2 is 1.34 bits per heavy atom. The zero-order valence-corrected chi connectivity index (χ0v) is 20.8. The lowest BCUT2D eigenvalue weighted by molar-refractivity contribution is -0.385. The Bertz CT molecular complexity index is 1470. The summed E-state index contributed by atoms with van der Waals surface area (Å²) in [5.41, 5.74) is 2.04. The highest BCUT2D eigenvalue weighted by atomic mass is 35.5. The van der Waals surface area contributed by atoms with Crippen molar-refractivity contribution in [1.82, 2.24) is 10.6 Å². The molecule has 194 valence electrons. The third-order valence-corrected chi connectivity index (χ3v) is 5.84. The van der Waals surface area contributed by atoms with E-state index in [2.05, 4.69) is 31.3 Å². The van der Waals surface area contributed by atoms with Crippen molar-refractivity contribution >= 4 is 40.5 Å². The molecular weight excluding hydrogens is 510 g/mol. The monoisotopic (exact) mass is 532 g/mol. The number of hydrogen-bond donors (Lipinski definition) is 4. The molecule has 2 heterocycles. The van der Waals surface area contributed by atoms with Gasteiger partial charge in [0.15, 0.2) is 0 Å². The Morgan fingerprint density at radius 3 is 1.84 bits per heavy atom. The first kappa shape index (κ1) is 26.3. The highest BCUT2D eigenvalue weighted by Crippen LogP contribution is 2.23. The number of benzene rings is 3. The molecule has 3 aromatic rings. The topological polar surface area (TPSA) is 150 Å². The molecule has 38 heavy (non-hydrogen) atoms. The van der Waals surface area contributed by atoms with Crippen molar-refractivity contribution in [3.05, 3.63) is 99.1 Å². The predicted molar refractivity (Wildman–Crippen MR) is 141 cm³/mol. The number of nitro groups is 1. The van der Waals surface area contributed by atoms with E-state index in [1.807, 2.05) is 12.1 Å². The minimum atomic E-state index is -0.677. The summed E-state index contributed by atoms with van der Waals surface area (Å²) in [4.78, 5) is 45.6. The molecule has 0 saturated heterocycles. The second-order valence-electron chi connectivity index (χ2n) is 8.37. The zero-order valence-electron chi connectivity index (χ0n) is 20.0. The van der Waals surface area contributed by atoms with Crippen LogP contribution in [-0.2, 0) is 0 Å². The van der Waals surface area contributed by atoms with E-state index in [1.54, 1.807) is 36.4 Å². The number of nitrogens with zero attached hydrogens (tertiary/aromatic N) is 3. The Labute approximate surface area is 224 Å². The Morgan fingerprint density at radius 1 is 0.789 bits per heavy atom. The highest BCUT2D eigenvalue weighted by Gasteiger charge is 2.23. The molecule has 0 spiro atoms. The number of nitrogens with one attached hydrogen (secondary N) is 4. The van der Waals surface area contributed by atoms with Crippen LogP contribution in [0.15, 0.2) is 76.7 Å². The van der Waals surface area contributed by atoms with Crippen LogP contribution in [0.25, 0.3) is 0 Å². The van der Waals surface area contributed by atoms with Crippen molar-refractivity contribution in [2.75, 3.05) is 36.8 Å². The van der Waals surface area contributed by atoms with E-state index < -0.39 is 22.4 Å². The first-order valence-corrected chi connectivity index (χ1v) is 11.7. The van der Waals surface area contributed by atoms with Gasteiger partial charge in [-0.25, -0.2) is 0 Å². The Kier molecular flexibility index (Phi) is 7.97. The zero-order chi connectivity index (χ0) is 25.8. The van der Waals surface area contributed by atoms with Gasteiger partial charge in [0.1, 0.15) is 17.2 Å². The maximum Gasteiger partial charge on any atom is 0.282 e. The molecule has 5 rings (SSSR count). The van der Waals surface area contributed by atoms with E-state index in [9.17, 15) is 19.7 Å². The average molecular weight is 533 g/mol. The maximum atomic E-state index is 12.9. The van der Waals surface area contributed by atoms with Crippen LogP contribution >= 0.6 is 0 Å². The standard InChI is InChI=1S/C26H23N7O4.ClH/c34-25(31-19-5-1-3-16(13-19)23-27-9-10-28-23)18-7-8-21(22(15-18)33(36)37)26(35)32-20-6-2-4-17(14-20)24-29-11-12-30-24;/h1-8,13-15H,9-12H2,(H,27,28)(H,29,30)(H,31,34)(H,32,35);1H/p-1. The van der Waals surface area contributed by atoms with Gasteiger partial charge < -0.3 is 33.7 Å². The van der Waals surface area contributed by atoms with Gasteiger partial charge in [0, 0.05) is 47.2 Å². The van der Waals surface area contributed by atoms with Crippen molar-refractivity contribution in [2.24, 2.45) is 9.98 Å². The van der Waals surface area contributed by atoms with Crippen LogP contribution in [0.1, 0.15) is 31.8 Å². The summed E-state index contributed by atoms with van der Waals surface area (Å²) in [7, 11) is 0. The van der Waals surface area contributed by atoms with Crippen LogP contribution in [0.4, 0.5) is 17.1 Å². The van der Waals surface area contributed by atoms with E-state index in [0.717, 1.165) is 42.0 Å². The van der Waals surface area contributed by atoms with Crippen molar-refractivity contribution in [2.45, 2.75) is 0 Å². The summed E-state index contributed by atoms with van der Waals surface area (Å²) in [5.74, 6) is 0.288. The Balaban J connectivity index is 0.00000336. The van der Waals surface area contributed by atoms with E-state index in [0.29, 0.717) is 24.5 Å². The number of amides is 2. The molecule has 0 atom stereocenters. The van der Waals surface area contributed by atoms with Crippen molar-refractivity contribution < 1.29 is 26.9 Å². The summed E-state index contributed by atoms with van der Waals surface area (Å²) in [5, 5.41) is 23.6.